The minimum absolute atomic E-state index is 0.0758. The van der Waals surface area contributed by atoms with Gasteiger partial charge in [-0.25, -0.2) is 9.59 Å². The van der Waals surface area contributed by atoms with Gasteiger partial charge in [0.15, 0.2) is 5.82 Å². The van der Waals surface area contributed by atoms with E-state index in [0.29, 0.717) is 12.2 Å². The summed E-state index contributed by atoms with van der Waals surface area (Å²) < 4.78 is 5.38. The summed E-state index contributed by atoms with van der Waals surface area (Å²) in [6.07, 6.45) is 2.58. The Hall–Kier alpha value is -3.51. The Morgan fingerprint density at radius 1 is 1.23 bits per heavy atom. The van der Waals surface area contributed by atoms with Crippen molar-refractivity contribution in [2.75, 3.05) is 6.54 Å². The second-order valence-corrected chi connectivity index (χ2v) is 12.4. The van der Waals surface area contributed by atoms with E-state index in [4.69, 9.17) is 4.74 Å². The SMILES string of the molecule is C=CC1CC1(NC(=O)C1CC(n2nnc(CCC)n2)CN1C(=O)C(NC(=O)OC(C)(C)C)C(C)(C)C)C(=O)O. The molecule has 3 amide bonds. The van der Waals surface area contributed by atoms with Crippen molar-refractivity contribution in [3.05, 3.63) is 18.5 Å². The topological polar surface area (TPSA) is 169 Å². The number of carbonyl (C=O) groups excluding carboxylic acids is 3. The molecule has 1 aliphatic carbocycles. The molecule has 13 heteroatoms. The lowest BCUT2D eigenvalue weighted by Gasteiger charge is -2.36. The summed E-state index contributed by atoms with van der Waals surface area (Å²) >= 11 is 0. The number of aromatic nitrogens is 4. The monoisotopic (exact) mass is 547 g/mol. The zero-order chi connectivity index (χ0) is 29.3. The van der Waals surface area contributed by atoms with Gasteiger partial charge < -0.3 is 25.4 Å². The number of nitrogens with one attached hydrogen (secondary N) is 2. The van der Waals surface area contributed by atoms with Gasteiger partial charge in [-0.15, -0.1) is 16.8 Å². The normalized spacial score (nSPS) is 25.5. The number of likely N-dealkylation sites (tertiary alicyclic amines) is 1. The molecule has 13 nitrogen and oxygen atoms in total. The molecule has 3 rings (SSSR count). The van der Waals surface area contributed by atoms with Gasteiger partial charge in [-0.2, -0.15) is 4.80 Å². The third-order valence-electron chi connectivity index (χ3n) is 6.94. The van der Waals surface area contributed by atoms with Crippen LogP contribution in [0.15, 0.2) is 12.7 Å². The number of amides is 3. The zero-order valence-electron chi connectivity index (χ0n) is 23.9. The van der Waals surface area contributed by atoms with Crippen LogP contribution in [0, 0.1) is 11.3 Å². The Kier molecular flexibility index (Phi) is 8.42. The fourth-order valence-electron chi connectivity index (χ4n) is 4.77. The van der Waals surface area contributed by atoms with Gasteiger partial charge in [0.25, 0.3) is 0 Å². The molecule has 1 saturated heterocycles. The van der Waals surface area contributed by atoms with E-state index in [2.05, 4.69) is 32.6 Å². The first-order valence-corrected chi connectivity index (χ1v) is 13.3. The van der Waals surface area contributed by atoms with Crippen LogP contribution in [-0.2, 0) is 25.5 Å². The van der Waals surface area contributed by atoms with Crippen molar-refractivity contribution < 1.29 is 29.0 Å². The van der Waals surface area contributed by atoms with Crippen LogP contribution in [0.4, 0.5) is 4.79 Å². The van der Waals surface area contributed by atoms with Crippen molar-refractivity contribution >= 4 is 23.9 Å². The number of alkyl carbamates (subject to hydrolysis) is 1. The van der Waals surface area contributed by atoms with Gasteiger partial charge >= 0.3 is 12.1 Å². The van der Waals surface area contributed by atoms with Gasteiger partial charge in [-0.1, -0.05) is 33.8 Å². The van der Waals surface area contributed by atoms with Crippen LogP contribution in [0.3, 0.4) is 0 Å². The molecular formula is C26H41N7O6. The molecule has 1 saturated carbocycles. The molecule has 1 aromatic heterocycles. The molecule has 1 aromatic rings. The summed E-state index contributed by atoms with van der Waals surface area (Å²) in [5, 5.41) is 27.8. The Labute approximate surface area is 228 Å². The number of ether oxygens (including phenoxy) is 1. The van der Waals surface area contributed by atoms with E-state index in [1.807, 2.05) is 6.92 Å². The highest BCUT2D eigenvalue weighted by molar-refractivity contribution is 5.96. The van der Waals surface area contributed by atoms with Gasteiger partial charge in [-0.05, 0) is 44.2 Å². The fourth-order valence-corrected chi connectivity index (χ4v) is 4.77. The molecule has 1 aliphatic heterocycles. The van der Waals surface area contributed by atoms with Crippen LogP contribution in [-0.4, -0.2) is 83.9 Å². The van der Waals surface area contributed by atoms with E-state index in [9.17, 15) is 24.3 Å². The van der Waals surface area contributed by atoms with E-state index in [1.54, 1.807) is 41.5 Å². The molecule has 3 N–H and O–H groups in total. The third kappa shape index (κ3) is 6.74. The van der Waals surface area contributed by atoms with Crippen molar-refractivity contribution in [2.45, 2.75) is 103 Å². The summed E-state index contributed by atoms with van der Waals surface area (Å²) in [7, 11) is 0. The van der Waals surface area contributed by atoms with Gasteiger partial charge in [-0.3, -0.25) is 9.59 Å². The smallest absolute Gasteiger partial charge is 0.408 e. The van der Waals surface area contributed by atoms with Crippen molar-refractivity contribution in [3.8, 4) is 0 Å². The van der Waals surface area contributed by atoms with E-state index < -0.39 is 64.5 Å². The van der Waals surface area contributed by atoms with Crippen LogP contribution in [0.5, 0.6) is 0 Å². The number of hydrogen-bond acceptors (Lipinski definition) is 8. The van der Waals surface area contributed by atoms with Crippen molar-refractivity contribution in [1.29, 1.82) is 0 Å². The number of rotatable bonds is 9. The van der Waals surface area contributed by atoms with Crippen LogP contribution in [0.1, 0.15) is 79.6 Å². The lowest BCUT2D eigenvalue weighted by molar-refractivity contribution is -0.146. The van der Waals surface area contributed by atoms with Gasteiger partial charge in [0.05, 0.1) is 6.04 Å². The highest BCUT2D eigenvalue weighted by Crippen LogP contribution is 2.45. The minimum atomic E-state index is -1.45. The molecule has 0 aromatic carbocycles. The van der Waals surface area contributed by atoms with Crippen molar-refractivity contribution in [3.63, 3.8) is 0 Å². The Balaban J connectivity index is 1.91. The summed E-state index contributed by atoms with van der Waals surface area (Å²) in [5.41, 5.74) is -2.97. The average molecular weight is 548 g/mol. The number of aliphatic carboxylic acids is 1. The van der Waals surface area contributed by atoms with E-state index in [-0.39, 0.29) is 19.4 Å². The molecule has 216 valence electrons. The molecule has 2 heterocycles. The number of carboxylic acids is 1. The zero-order valence-corrected chi connectivity index (χ0v) is 23.9. The first-order chi connectivity index (χ1) is 18.0. The summed E-state index contributed by atoms with van der Waals surface area (Å²) in [6, 6.07) is -2.52. The fraction of sp³-hybridized carbons (Fsp3) is 0.731. The van der Waals surface area contributed by atoms with E-state index in [0.717, 1.165) is 6.42 Å². The summed E-state index contributed by atoms with van der Waals surface area (Å²) in [6.45, 7) is 16.3. The van der Waals surface area contributed by atoms with Crippen molar-refractivity contribution in [2.24, 2.45) is 11.3 Å². The standard InChI is InChI=1S/C26H41N7O6/c1-9-11-18-29-31-33(30-18)16-12-17(20(34)28-26(22(36)37)13-15(26)10-2)32(14-16)21(35)19(24(3,4)5)27-23(38)39-25(6,7)8/h10,15-17,19H,2,9,11-14H2,1,3-8H3,(H,27,38)(H,28,34)(H,36,37). The number of carbonyl (C=O) groups is 4. The average Bonchev–Trinajstić information content (AvgIpc) is 3.13. The van der Waals surface area contributed by atoms with Crippen LogP contribution >= 0.6 is 0 Å². The van der Waals surface area contributed by atoms with Crippen molar-refractivity contribution in [1.82, 2.24) is 35.7 Å². The van der Waals surface area contributed by atoms with Gasteiger partial charge in [0.2, 0.25) is 11.8 Å². The Morgan fingerprint density at radius 3 is 2.41 bits per heavy atom. The molecule has 0 bridgehead atoms. The molecule has 5 atom stereocenters. The largest absolute Gasteiger partial charge is 0.479 e. The molecule has 2 fully saturated rings. The second kappa shape index (κ2) is 10.9. The quantitative estimate of drug-likeness (QED) is 0.391. The predicted octanol–water partition coefficient (Wildman–Crippen LogP) is 1.85. The molecule has 0 radical (unpaired) electrons. The van der Waals surface area contributed by atoms with Crippen LogP contribution in [0.2, 0.25) is 0 Å². The number of aryl methyl sites for hydroxylation is 1. The maximum atomic E-state index is 14.0. The Bertz CT molecular complexity index is 1120. The first-order valence-electron chi connectivity index (χ1n) is 13.3. The molecule has 2 aliphatic rings. The highest BCUT2D eigenvalue weighted by atomic mass is 16.6. The molecule has 5 unspecified atom stereocenters. The lowest BCUT2D eigenvalue weighted by atomic mass is 9.85. The highest BCUT2D eigenvalue weighted by Gasteiger charge is 2.61. The molecular weight excluding hydrogens is 506 g/mol. The van der Waals surface area contributed by atoms with Crippen LogP contribution < -0.4 is 10.6 Å². The maximum Gasteiger partial charge on any atom is 0.408 e. The predicted molar refractivity (Wildman–Crippen MR) is 140 cm³/mol. The Morgan fingerprint density at radius 2 is 1.90 bits per heavy atom. The maximum absolute atomic E-state index is 14.0. The van der Waals surface area contributed by atoms with E-state index >= 15 is 0 Å². The third-order valence-corrected chi connectivity index (χ3v) is 6.94. The van der Waals surface area contributed by atoms with E-state index in [1.165, 1.54) is 15.8 Å². The molecule has 0 spiro atoms. The van der Waals surface area contributed by atoms with Gasteiger partial charge in [0, 0.05) is 25.3 Å². The first kappa shape index (κ1) is 30.0. The number of hydrogen-bond donors (Lipinski definition) is 3. The number of nitrogens with zero attached hydrogens (tertiary/aromatic N) is 5. The second-order valence-electron chi connectivity index (χ2n) is 12.4. The summed E-state index contributed by atoms with van der Waals surface area (Å²) in [4.78, 5) is 55.0. The lowest BCUT2D eigenvalue weighted by Crippen LogP contribution is -2.59. The number of tetrazole rings is 1. The van der Waals surface area contributed by atoms with Crippen LogP contribution in [0.25, 0.3) is 0 Å². The minimum Gasteiger partial charge on any atom is -0.479 e. The molecule has 39 heavy (non-hydrogen) atoms. The van der Waals surface area contributed by atoms with Gasteiger partial charge in [0.1, 0.15) is 23.2 Å². The summed E-state index contributed by atoms with van der Waals surface area (Å²) in [5.74, 6) is -2.11. The number of carboxylic acid groups (broad SMARTS) is 1.